The highest BCUT2D eigenvalue weighted by atomic mass is 19.3. The molecule has 1 saturated carbocycles. The molecule has 3 N–H and O–H groups in total. The molecule has 0 spiro atoms. The lowest BCUT2D eigenvalue weighted by molar-refractivity contribution is -0.0455. The number of alkyl halides is 2. The second kappa shape index (κ2) is 7.91. The standard InChI is InChI=1S/C21H32F2N2O/c1-20(22,23)17-7-5-6-16(8-9-17)19(15-25-13-10-18(24)14-25)21(26)11-3-2-4-12-21/h5-7,9,18-19,26H,2-4,8,10-15,24H2,1H3/t18-,19?/m1/s1. The fourth-order valence-electron chi connectivity index (χ4n) is 4.65. The third kappa shape index (κ3) is 4.62. The van der Waals surface area contributed by atoms with Crippen molar-refractivity contribution >= 4 is 0 Å². The van der Waals surface area contributed by atoms with Crippen LogP contribution in [0.25, 0.3) is 0 Å². The molecule has 3 nitrogen and oxygen atoms in total. The highest BCUT2D eigenvalue weighted by Gasteiger charge is 2.41. The Bertz CT molecular complexity index is 585. The zero-order valence-electron chi connectivity index (χ0n) is 15.8. The summed E-state index contributed by atoms with van der Waals surface area (Å²) in [5, 5.41) is 11.4. The minimum absolute atomic E-state index is 0.0289. The van der Waals surface area contributed by atoms with Crippen molar-refractivity contribution in [3.63, 3.8) is 0 Å². The van der Waals surface area contributed by atoms with Gasteiger partial charge in [0.05, 0.1) is 5.60 Å². The van der Waals surface area contributed by atoms with Crippen molar-refractivity contribution in [3.05, 3.63) is 35.5 Å². The molecule has 0 amide bonds. The van der Waals surface area contributed by atoms with Gasteiger partial charge in [0, 0.05) is 37.5 Å². The minimum atomic E-state index is -2.83. The van der Waals surface area contributed by atoms with E-state index >= 15 is 0 Å². The molecule has 1 saturated heterocycles. The van der Waals surface area contributed by atoms with Crippen LogP contribution in [-0.2, 0) is 0 Å². The maximum Gasteiger partial charge on any atom is 0.270 e. The molecule has 26 heavy (non-hydrogen) atoms. The number of rotatable bonds is 5. The molecule has 1 heterocycles. The molecule has 3 rings (SSSR count). The summed E-state index contributed by atoms with van der Waals surface area (Å²) < 4.78 is 27.4. The Morgan fingerprint density at radius 3 is 2.69 bits per heavy atom. The van der Waals surface area contributed by atoms with Gasteiger partial charge in [-0.1, -0.05) is 49.1 Å². The van der Waals surface area contributed by atoms with Gasteiger partial charge in [-0.15, -0.1) is 0 Å². The number of likely N-dealkylation sites (tertiary alicyclic amines) is 1. The Morgan fingerprint density at radius 2 is 2.08 bits per heavy atom. The van der Waals surface area contributed by atoms with Crippen LogP contribution in [0.15, 0.2) is 35.5 Å². The fourth-order valence-corrected chi connectivity index (χ4v) is 4.65. The molecule has 0 aromatic rings. The van der Waals surface area contributed by atoms with Gasteiger partial charge >= 0.3 is 0 Å². The van der Waals surface area contributed by atoms with Crippen LogP contribution in [0.1, 0.15) is 51.9 Å². The highest BCUT2D eigenvalue weighted by Crippen LogP contribution is 2.41. The molecule has 3 aliphatic rings. The minimum Gasteiger partial charge on any atom is -0.389 e. The smallest absolute Gasteiger partial charge is 0.270 e. The van der Waals surface area contributed by atoms with Gasteiger partial charge in [-0.05, 0) is 32.2 Å². The molecule has 0 aromatic carbocycles. The number of hydrogen-bond acceptors (Lipinski definition) is 3. The molecule has 0 bridgehead atoms. The van der Waals surface area contributed by atoms with Crippen molar-refractivity contribution in [3.8, 4) is 0 Å². The van der Waals surface area contributed by atoms with Gasteiger partial charge < -0.3 is 15.7 Å². The van der Waals surface area contributed by atoms with Crippen molar-refractivity contribution in [2.45, 2.75) is 69.4 Å². The zero-order valence-corrected chi connectivity index (χ0v) is 15.8. The molecule has 1 unspecified atom stereocenters. The summed E-state index contributed by atoms with van der Waals surface area (Å²) >= 11 is 0. The predicted molar refractivity (Wildman–Crippen MR) is 101 cm³/mol. The van der Waals surface area contributed by atoms with Crippen molar-refractivity contribution in [1.29, 1.82) is 0 Å². The Morgan fingerprint density at radius 1 is 1.35 bits per heavy atom. The van der Waals surface area contributed by atoms with E-state index in [0.29, 0.717) is 6.42 Å². The van der Waals surface area contributed by atoms with E-state index in [0.717, 1.165) is 70.7 Å². The number of halogens is 2. The van der Waals surface area contributed by atoms with Crippen LogP contribution in [0.3, 0.4) is 0 Å². The lowest BCUT2D eigenvalue weighted by Crippen LogP contribution is -2.46. The van der Waals surface area contributed by atoms with E-state index in [1.807, 2.05) is 6.08 Å². The summed E-state index contributed by atoms with van der Waals surface area (Å²) in [6, 6.07) is 0.199. The number of hydrogen-bond donors (Lipinski definition) is 2. The fraction of sp³-hybridized carbons (Fsp3) is 0.714. The van der Waals surface area contributed by atoms with Crippen molar-refractivity contribution in [2.75, 3.05) is 19.6 Å². The van der Waals surface area contributed by atoms with Crippen LogP contribution in [0.4, 0.5) is 8.78 Å². The van der Waals surface area contributed by atoms with Gasteiger partial charge in [-0.25, -0.2) is 8.78 Å². The largest absolute Gasteiger partial charge is 0.389 e. The summed E-state index contributed by atoms with van der Waals surface area (Å²) in [7, 11) is 0. The Hall–Kier alpha value is -1.04. The second-order valence-electron chi connectivity index (χ2n) is 8.38. The summed E-state index contributed by atoms with van der Waals surface area (Å²) in [5.74, 6) is -2.86. The van der Waals surface area contributed by atoms with Crippen LogP contribution in [-0.4, -0.2) is 47.2 Å². The SMILES string of the molecule is CC(F)(F)C1=CCC(C(CN2CC[C@@H](N)C2)C2(O)CCCCC2)=CC=C1. The van der Waals surface area contributed by atoms with E-state index in [9.17, 15) is 13.9 Å². The molecule has 0 aromatic heterocycles. The predicted octanol–water partition coefficient (Wildman–Crippen LogP) is 3.80. The van der Waals surface area contributed by atoms with Crippen molar-refractivity contribution < 1.29 is 13.9 Å². The van der Waals surface area contributed by atoms with Crippen LogP contribution < -0.4 is 5.73 Å². The first-order chi connectivity index (χ1) is 12.3. The van der Waals surface area contributed by atoms with E-state index < -0.39 is 11.5 Å². The molecular formula is C21H32F2N2O. The monoisotopic (exact) mass is 366 g/mol. The average molecular weight is 366 g/mol. The summed E-state index contributed by atoms with van der Waals surface area (Å²) in [5.41, 5.74) is 6.44. The molecule has 2 atom stereocenters. The van der Waals surface area contributed by atoms with Gasteiger partial charge in [-0.3, -0.25) is 0 Å². The molecule has 0 radical (unpaired) electrons. The molecule has 2 fully saturated rings. The molecule has 5 heteroatoms. The first-order valence-corrected chi connectivity index (χ1v) is 9.94. The lowest BCUT2D eigenvalue weighted by atomic mass is 9.71. The third-order valence-electron chi connectivity index (χ3n) is 6.22. The summed E-state index contributed by atoms with van der Waals surface area (Å²) in [4.78, 5) is 2.33. The van der Waals surface area contributed by atoms with E-state index in [2.05, 4.69) is 4.90 Å². The van der Waals surface area contributed by atoms with E-state index in [1.165, 1.54) is 6.08 Å². The lowest BCUT2D eigenvalue weighted by Gasteiger charge is -2.42. The van der Waals surface area contributed by atoms with Gasteiger partial charge in [0.2, 0.25) is 0 Å². The maximum atomic E-state index is 13.7. The number of aliphatic hydroxyl groups is 1. The van der Waals surface area contributed by atoms with Crippen LogP contribution in [0.2, 0.25) is 0 Å². The summed E-state index contributed by atoms with van der Waals surface area (Å²) in [6.07, 6.45) is 13.1. The first-order valence-electron chi connectivity index (χ1n) is 9.94. The van der Waals surface area contributed by atoms with Crippen LogP contribution in [0, 0.1) is 5.92 Å². The first kappa shape index (κ1) is 19.7. The molecule has 146 valence electrons. The number of nitrogens with zero attached hydrogens (tertiary/aromatic N) is 1. The number of allylic oxidation sites excluding steroid dienone is 5. The Kier molecular flexibility index (Phi) is 6.00. The third-order valence-corrected chi connectivity index (χ3v) is 6.22. The normalized spacial score (nSPS) is 28.4. The van der Waals surface area contributed by atoms with Crippen molar-refractivity contribution in [1.82, 2.24) is 4.90 Å². The second-order valence-corrected chi connectivity index (χ2v) is 8.38. The Balaban J connectivity index is 1.82. The number of nitrogens with two attached hydrogens (primary N) is 1. The van der Waals surface area contributed by atoms with E-state index in [1.54, 1.807) is 12.2 Å². The highest BCUT2D eigenvalue weighted by molar-refractivity contribution is 5.35. The molecule has 2 aliphatic carbocycles. The van der Waals surface area contributed by atoms with E-state index in [-0.39, 0.29) is 17.5 Å². The molecule has 1 aliphatic heterocycles. The zero-order chi connectivity index (χ0) is 18.8. The average Bonchev–Trinajstić information content (AvgIpc) is 2.83. The summed E-state index contributed by atoms with van der Waals surface area (Å²) in [6.45, 7) is 3.50. The van der Waals surface area contributed by atoms with Crippen LogP contribution in [0.5, 0.6) is 0 Å². The van der Waals surface area contributed by atoms with Gasteiger partial charge in [0.15, 0.2) is 0 Å². The van der Waals surface area contributed by atoms with E-state index in [4.69, 9.17) is 5.73 Å². The quantitative estimate of drug-likeness (QED) is 0.778. The van der Waals surface area contributed by atoms with Gasteiger partial charge in [0.25, 0.3) is 5.92 Å². The Labute approximate surface area is 155 Å². The molecular weight excluding hydrogens is 334 g/mol. The van der Waals surface area contributed by atoms with Crippen LogP contribution >= 0.6 is 0 Å². The van der Waals surface area contributed by atoms with Crippen molar-refractivity contribution in [2.24, 2.45) is 11.7 Å². The topological polar surface area (TPSA) is 49.5 Å². The maximum absolute atomic E-state index is 13.7. The van der Waals surface area contributed by atoms with Gasteiger partial charge in [-0.2, -0.15) is 0 Å². The van der Waals surface area contributed by atoms with Gasteiger partial charge in [0.1, 0.15) is 0 Å².